The Labute approximate surface area is 113 Å². The van der Waals surface area contributed by atoms with E-state index in [2.05, 4.69) is 5.32 Å². The Bertz CT molecular complexity index is 555. The summed E-state index contributed by atoms with van der Waals surface area (Å²) in [6.07, 6.45) is 0.241. The van der Waals surface area contributed by atoms with Crippen molar-refractivity contribution in [2.24, 2.45) is 0 Å². The summed E-state index contributed by atoms with van der Waals surface area (Å²) < 4.78 is 48.8. The van der Waals surface area contributed by atoms with Crippen LogP contribution < -0.4 is 5.32 Å². The third-order valence-corrected chi connectivity index (χ3v) is 7.87. The van der Waals surface area contributed by atoms with E-state index in [9.17, 15) is 21.6 Å². The quantitative estimate of drug-likeness (QED) is 0.684. The van der Waals surface area contributed by atoms with Crippen LogP contribution in [-0.4, -0.2) is 62.9 Å². The van der Waals surface area contributed by atoms with Crippen molar-refractivity contribution in [1.29, 1.82) is 0 Å². The number of carbonyl (C=O) groups excluding carboxylic acids is 1. The number of hydrogen-bond acceptors (Lipinski definition) is 5. The molecule has 2 aliphatic heterocycles. The van der Waals surface area contributed by atoms with Crippen molar-refractivity contribution in [3.8, 4) is 0 Å². The fourth-order valence-corrected chi connectivity index (χ4v) is 6.35. The van der Waals surface area contributed by atoms with Crippen LogP contribution in [0.1, 0.15) is 19.8 Å². The number of carbonyl (C=O) groups is 1. The summed E-state index contributed by atoms with van der Waals surface area (Å²) in [5.74, 6) is -0.491. The van der Waals surface area contributed by atoms with Crippen LogP contribution in [0.2, 0.25) is 0 Å². The SMILES string of the molecule is CC1C(=O)NCCN1S(=O)(=O)C1CCS(=O)(=O)CC1. The zero-order valence-electron chi connectivity index (χ0n) is 10.7. The molecule has 0 aromatic rings. The number of sulfone groups is 1. The molecule has 2 rings (SSSR count). The first-order valence-electron chi connectivity index (χ1n) is 6.23. The van der Waals surface area contributed by atoms with Crippen LogP contribution in [0.25, 0.3) is 0 Å². The van der Waals surface area contributed by atoms with Gasteiger partial charge in [-0.2, -0.15) is 4.31 Å². The number of rotatable bonds is 2. The lowest BCUT2D eigenvalue weighted by Gasteiger charge is -2.35. The minimum atomic E-state index is -3.61. The van der Waals surface area contributed by atoms with Crippen LogP contribution >= 0.6 is 0 Å². The first-order valence-corrected chi connectivity index (χ1v) is 9.55. The molecule has 9 heteroatoms. The number of hydrogen-bond donors (Lipinski definition) is 1. The van der Waals surface area contributed by atoms with E-state index in [4.69, 9.17) is 0 Å². The molecular formula is C10H18N2O5S2. The highest BCUT2D eigenvalue weighted by atomic mass is 32.2. The van der Waals surface area contributed by atoms with E-state index in [1.54, 1.807) is 6.92 Å². The highest BCUT2D eigenvalue weighted by molar-refractivity contribution is 7.92. The normalized spacial score (nSPS) is 29.9. The van der Waals surface area contributed by atoms with Gasteiger partial charge in [0.2, 0.25) is 15.9 Å². The highest BCUT2D eigenvalue weighted by Crippen LogP contribution is 2.24. The molecule has 0 bridgehead atoms. The second kappa shape index (κ2) is 5.02. The van der Waals surface area contributed by atoms with Crippen LogP contribution in [0, 0.1) is 0 Å². The van der Waals surface area contributed by atoms with Crippen molar-refractivity contribution < 1.29 is 21.6 Å². The fraction of sp³-hybridized carbons (Fsp3) is 0.900. The van der Waals surface area contributed by atoms with E-state index >= 15 is 0 Å². The van der Waals surface area contributed by atoms with Crippen molar-refractivity contribution in [3.63, 3.8) is 0 Å². The first kappa shape index (κ1) is 14.7. The summed E-state index contributed by atoms with van der Waals surface area (Å²) in [4.78, 5) is 11.5. The first-order chi connectivity index (χ1) is 8.74. The maximum Gasteiger partial charge on any atom is 0.238 e. The van der Waals surface area contributed by atoms with Crippen LogP contribution in [-0.2, 0) is 24.7 Å². The Morgan fingerprint density at radius 1 is 1.26 bits per heavy atom. The molecular weight excluding hydrogens is 292 g/mol. The number of sulfonamides is 1. The average molecular weight is 310 g/mol. The molecule has 0 spiro atoms. The van der Waals surface area contributed by atoms with Crippen molar-refractivity contribution in [2.75, 3.05) is 24.6 Å². The average Bonchev–Trinajstić information content (AvgIpc) is 2.32. The highest BCUT2D eigenvalue weighted by Gasteiger charge is 2.41. The number of nitrogens with zero attached hydrogens (tertiary/aromatic N) is 1. The van der Waals surface area contributed by atoms with E-state index < -0.39 is 31.2 Å². The molecule has 0 saturated carbocycles. The Morgan fingerprint density at radius 3 is 2.42 bits per heavy atom. The Kier molecular flexibility index (Phi) is 3.90. The van der Waals surface area contributed by atoms with Gasteiger partial charge in [-0.15, -0.1) is 0 Å². The molecule has 2 aliphatic rings. The van der Waals surface area contributed by atoms with Crippen LogP contribution in [0.4, 0.5) is 0 Å². The summed E-state index contributed by atoms with van der Waals surface area (Å²) >= 11 is 0. The van der Waals surface area contributed by atoms with Gasteiger partial charge >= 0.3 is 0 Å². The number of amides is 1. The van der Waals surface area contributed by atoms with Gasteiger partial charge in [0.25, 0.3) is 0 Å². The van der Waals surface area contributed by atoms with Gasteiger partial charge in [-0.05, 0) is 19.8 Å². The molecule has 0 aliphatic carbocycles. The molecule has 1 N–H and O–H groups in total. The second-order valence-electron chi connectivity index (χ2n) is 4.97. The Morgan fingerprint density at radius 2 is 1.84 bits per heavy atom. The molecule has 2 fully saturated rings. The second-order valence-corrected chi connectivity index (χ2v) is 9.44. The van der Waals surface area contributed by atoms with Gasteiger partial charge in [0.1, 0.15) is 15.9 Å². The molecule has 1 amide bonds. The zero-order valence-corrected chi connectivity index (χ0v) is 12.3. The lowest BCUT2D eigenvalue weighted by molar-refractivity contribution is -0.126. The van der Waals surface area contributed by atoms with E-state index in [0.29, 0.717) is 6.54 Å². The minimum absolute atomic E-state index is 0.0920. The van der Waals surface area contributed by atoms with Crippen LogP contribution in [0.3, 0.4) is 0 Å². The van der Waals surface area contributed by atoms with Crippen molar-refractivity contribution in [1.82, 2.24) is 9.62 Å². The summed E-state index contributed by atoms with van der Waals surface area (Å²) in [5, 5.41) is 1.92. The molecule has 110 valence electrons. The third kappa shape index (κ3) is 2.92. The minimum Gasteiger partial charge on any atom is -0.353 e. The van der Waals surface area contributed by atoms with Gasteiger partial charge in [0, 0.05) is 13.1 Å². The van der Waals surface area contributed by atoms with Gasteiger partial charge < -0.3 is 5.32 Å². The van der Waals surface area contributed by atoms with Crippen molar-refractivity contribution in [3.05, 3.63) is 0 Å². The van der Waals surface area contributed by atoms with E-state index in [1.165, 1.54) is 4.31 Å². The molecule has 0 aromatic carbocycles. The third-order valence-electron chi connectivity index (χ3n) is 3.69. The predicted octanol–water partition coefficient (Wildman–Crippen LogP) is -1.29. The van der Waals surface area contributed by atoms with E-state index in [-0.39, 0.29) is 36.8 Å². The predicted molar refractivity (Wildman–Crippen MR) is 69.8 cm³/mol. The lowest BCUT2D eigenvalue weighted by Crippen LogP contribution is -2.58. The maximum absolute atomic E-state index is 12.5. The zero-order chi connectivity index (χ0) is 14.3. The molecule has 2 saturated heterocycles. The Balaban J connectivity index is 2.16. The summed E-state index contributed by atoms with van der Waals surface area (Å²) in [7, 11) is -6.70. The molecule has 19 heavy (non-hydrogen) atoms. The van der Waals surface area contributed by atoms with Gasteiger partial charge in [-0.1, -0.05) is 0 Å². The molecule has 2 heterocycles. The smallest absolute Gasteiger partial charge is 0.238 e. The van der Waals surface area contributed by atoms with Gasteiger partial charge in [0.05, 0.1) is 16.8 Å². The standard InChI is InChI=1S/C10H18N2O5S2/c1-8-10(13)11-4-5-12(8)19(16,17)9-2-6-18(14,15)7-3-9/h8-9H,2-7H2,1H3,(H,11,13). The topological polar surface area (TPSA) is 101 Å². The van der Waals surface area contributed by atoms with E-state index in [1.807, 2.05) is 0 Å². The molecule has 0 radical (unpaired) electrons. The van der Waals surface area contributed by atoms with Gasteiger partial charge in [-0.25, -0.2) is 16.8 Å². The lowest BCUT2D eigenvalue weighted by atomic mass is 10.2. The summed E-state index contributed by atoms with van der Waals surface area (Å²) in [6.45, 7) is 2.09. The monoisotopic (exact) mass is 310 g/mol. The fourth-order valence-electron chi connectivity index (χ4n) is 2.47. The number of piperazine rings is 1. The molecule has 1 atom stereocenters. The summed E-state index contributed by atoms with van der Waals surface area (Å²) in [5.41, 5.74) is 0. The largest absolute Gasteiger partial charge is 0.353 e. The van der Waals surface area contributed by atoms with E-state index in [0.717, 1.165) is 0 Å². The molecule has 0 aromatic heterocycles. The van der Waals surface area contributed by atoms with Crippen LogP contribution in [0.5, 0.6) is 0 Å². The van der Waals surface area contributed by atoms with Crippen molar-refractivity contribution >= 4 is 25.8 Å². The van der Waals surface area contributed by atoms with Gasteiger partial charge in [0.15, 0.2) is 0 Å². The molecule has 7 nitrogen and oxygen atoms in total. The maximum atomic E-state index is 12.5. The Hall–Kier alpha value is -0.670. The molecule has 1 unspecified atom stereocenters. The van der Waals surface area contributed by atoms with Gasteiger partial charge in [-0.3, -0.25) is 4.79 Å². The van der Waals surface area contributed by atoms with Crippen LogP contribution in [0.15, 0.2) is 0 Å². The number of nitrogens with one attached hydrogen (secondary N) is 1. The van der Waals surface area contributed by atoms with Crippen molar-refractivity contribution in [2.45, 2.75) is 31.1 Å². The summed E-state index contributed by atoms with van der Waals surface area (Å²) in [6, 6.07) is -0.725.